The molecule has 0 saturated carbocycles. The van der Waals surface area contributed by atoms with Gasteiger partial charge in [0.25, 0.3) is 0 Å². The summed E-state index contributed by atoms with van der Waals surface area (Å²) in [5.74, 6) is -0.295. The van der Waals surface area contributed by atoms with Crippen LogP contribution in [-0.4, -0.2) is 13.1 Å². The lowest BCUT2D eigenvalue weighted by molar-refractivity contribution is 0.0600. The lowest BCUT2D eigenvalue weighted by atomic mass is 10.1. The fourth-order valence-corrected chi connectivity index (χ4v) is 1.14. The van der Waals surface area contributed by atoms with Crippen molar-refractivity contribution in [2.75, 3.05) is 7.11 Å². The average Bonchev–Trinajstić information content (AvgIpc) is 2.25. The first kappa shape index (κ1) is 10.5. The number of hydrogen-bond acceptors (Lipinski definition) is 2. The van der Waals surface area contributed by atoms with Crippen molar-refractivity contribution in [3.05, 3.63) is 41.5 Å². The Morgan fingerprint density at radius 2 is 2.29 bits per heavy atom. The zero-order valence-corrected chi connectivity index (χ0v) is 8.49. The second-order valence-electron chi connectivity index (χ2n) is 2.93. The molecule has 1 aromatic rings. The first-order chi connectivity index (χ1) is 6.77. The molecule has 0 spiro atoms. The summed E-state index contributed by atoms with van der Waals surface area (Å²) in [6, 6.07) is 7.37. The molecule has 2 heteroatoms. The molecule has 0 amide bonds. The lowest BCUT2D eigenvalue weighted by Gasteiger charge is -1.99. The summed E-state index contributed by atoms with van der Waals surface area (Å²) < 4.78 is 4.63. The van der Waals surface area contributed by atoms with E-state index in [2.05, 4.69) is 17.7 Å². The predicted molar refractivity (Wildman–Crippen MR) is 57.1 cm³/mol. The van der Waals surface area contributed by atoms with Gasteiger partial charge in [0.05, 0.1) is 12.7 Å². The van der Waals surface area contributed by atoms with Crippen molar-refractivity contribution in [2.24, 2.45) is 0 Å². The summed E-state index contributed by atoms with van der Waals surface area (Å²) >= 11 is 0. The van der Waals surface area contributed by atoms with E-state index in [1.54, 1.807) is 6.07 Å². The van der Waals surface area contributed by atoms with Gasteiger partial charge in [-0.05, 0) is 24.1 Å². The Morgan fingerprint density at radius 3 is 2.93 bits per heavy atom. The van der Waals surface area contributed by atoms with E-state index in [-0.39, 0.29) is 5.97 Å². The molecule has 1 aromatic carbocycles. The highest BCUT2D eigenvalue weighted by Gasteiger charge is 2.03. The molecule has 1 rings (SSSR count). The quantitative estimate of drug-likeness (QED) is 0.685. The number of rotatable bonds is 3. The van der Waals surface area contributed by atoms with Gasteiger partial charge >= 0.3 is 5.97 Å². The Kier molecular flexibility index (Phi) is 3.92. The van der Waals surface area contributed by atoms with E-state index in [0.717, 1.165) is 12.0 Å². The minimum absolute atomic E-state index is 0.295. The van der Waals surface area contributed by atoms with Crippen molar-refractivity contribution in [1.29, 1.82) is 0 Å². The lowest BCUT2D eigenvalue weighted by Crippen LogP contribution is -2.00. The van der Waals surface area contributed by atoms with Gasteiger partial charge in [0, 0.05) is 0 Å². The summed E-state index contributed by atoms with van der Waals surface area (Å²) in [7, 11) is 1.39. The molecule has 2 nitrogen and oxygen atoms in total. The standard InChI is InChI=1S/C12H14O2/c1-3-4-6-10-7-5-8-11(9-10)12(13)14-2/h4-9H,3H2,1-2H3. The van der Waals surface area contributed by atoms with Gasteiger partial charge in [-0.2, -0.15) is 0 Å². The van der Waals surface area contributed by atoms with E-state index < -0.39 is 0 Å². The first-order valence-electron chi connectivity index (χ1n) is 4.63. The van der Waals surface area contributed by atoms with E-state index in [1.807, 2.05) is 24.3 Å². The molecule has 0 fully saturated rings. The average molecular weight is 190 g/mol. The Labute approximate surface area is 84.2 Å². The zero-order chi connectivity index (χ0) is 10.4. The van der Waals surface area contributed by atoms with E-state index in [1.165, 1.54) is 7.11 Å². The van der Waals surface area contributed by atoms with Gasteiger partial charge in [0.1, 0.15) is 0 Å². The van der Waals surface area contributed by atoms with Crippen LogP contribution in [0.3, 0.4) is 0 Å². The fraction of sp³-hybridized carbons (Fsp3) is 0.250. The molecule has 0 aliphatic heterocycles. The van der Waals surface area contributed by atoms with Crippen LogP contribution in [0.4, 0.5) is 0 Å². The van der Waals surface area contributed by atoms with Crippen LogP contribution in [0.1, 0.15) is 29.3 Å². The van der Waals surface area contributed by atoms with Gasteiger partial charge in [-0.25, -0.2) is 4.79 Å². The Balaban J connectivity index is 2.89. The van der Waals surface area contributed by atoms with Crippen LogP contribution in [-0.2, 0) is 4.74 Å². The van der Waals surface area contributed by atoms with Crippen LogP contribution in [0.15, 0.2) is 30.3 Å². The van der Waals surface area contributed by atoms with Crippen LogP contribution in [0.2, 0.25) is 0 Å². The minimum Gasteiger partial charge on any atom is -0.465 e. The second kappa shape index (κ2) is 5.22. The third-order valence-electron chi connectivity index (χ3n) is 1.85. The second-order valence-corrected chi connectivity index (χ2v) is 2.93. The molecule has 0 aromatic heterocycles. The van der Waals surface area contributed by atoms with E-state index in [9.17, 15) is 4.79 Å². The fourth-order valence-electron chi connectivity index (χ4n) is 1.14. The first-order valence-corrected chi connectivity index (χ1v) is 4.63. The topological polar surface area (TPSA) is 26.3 Å². The largest absolute Gasteiger partial charge is 0.465 e. The summed E-state index contributed by atoms with van der Waals surface area (Å²) in [6.45, 7) is 2.07. The van der Waals surface area contributed by atoms with Crippen LogP contribution in [0.25, 0.3) is 6.08 Å². The van der Waals surface area contributed by atoms with Crippen molar-refractivity contribution < 1.29 is 9.53 Å². The Bertz CT molecular complexity index is 340. The third-order valence-corrected chi connectivity index (χ3v) is 1.85. The van der Waals surface area contributed by atoms with Crippen molar-refractivity contribution in [2.45, 2.75) is 13.3 Å². The zero-order valence-electron chi connectivity index (χ0n) is 8.49. The SMILES string of the molecule is CCC=Cc1cccc(C(=O)OC)c1. The van der Waals surface area contributed by atoms with Crippen molar-refractivity contribution in [3.63, 3.8) is 0 Å². The summed E-state index contributed by atoms with van der Waals surface area (Å²) in [6.07, 6.45) is 5.03. The normalized spacial score (nSPS) is 10.4. The van der Waals surface area contributed by atoms with Crippen molar-refractivity contribution in [3.8, 4) is 0 Å². The van der Waals surface area contributed by atoms with Gasteiger partial charge in [0.2, 0.25) is 0 Å². The molecule has 0 radical (unpaired) electrons. The number of allylic oxidation sites excluding steroid dienone is 1. The predicted octanol–water partition coefficient (Wildman–Crippen LogP) is 2.90. The molecule has 0 heterocycles. The molecule has 0 unspecified atom stereocenters. The molecule has 0 saturated heterocycles. The summed E-state index contributed by atoms with van der Waals surface area (Å²) in [5.41, 5.74) is 1.61. The molecule has 0 bridgehead atoms. The maximum atomic E-state index is 11.2. The highest BCUT2D eigenvalue weighted by Crippen LogP contribution is 2.08. The number of esters is 1. The number of carbonyl (C=O) groups excluding carboxylic acids is 1. The molecular formula is C12H14O2. The monoisotopic (exact) mass is 190 g/mol. The maximum Gasteiger partial charge on any atom is 0.337 e. The molecule has 14 heavy (non-hydrogen) atoms. The van der Waals surface area contributed by atoms with Gasteiger partial charge < -0.3 is 4.74 Å². The number of methoxy groups -OCH3 is 1. The highest BCUT2D eigenvalue weighted by molar-refractivity contribution is 5.89. The number of ether oxygens (including phenoxy) is 1. The third kappa shape index (κ3) is 2.73. The molecule has 0 aliphatic rings. The van der Waals surface area contributed by atoms with Gasteiger partial charge in [-0.1, -0.05) is 31.2 Å². The van der Waals surface area contributed by atoms with Crippen LogP contribution >= 0.6 is 0 Å². The smallest absolute Gasteiger partial charge is 0.337 e. The maximum absolute atomic E-state index is 11.2. The molecule has 0 N–H and O–H groups in total. The Hall–Kier alpha value is -1.57. The van der Waals surface area contributed by atoms with Gasteiger partial charge in [-0.3, -0.25) is 0 Å². The van der Waals surface area contributed by atoms with E-state index >= 15 is 0 Å². The summed E-state index contributed by atoms with van der Waals surface area (Å²) in [5, 5.41) is 0. The molecule has 0 atom stereocenters. The number of benzene rings is 1. The van der Waals surface area contributed by atoms with Crippen LogP contribution in [0, 0.1) is 0 Å². The summed E-state index contributed by atoms with van der Waals surface area (Å²) in [4.78, 5) is 11.2. The number of carbonyl (C=O) groups is 1. The molecule has 74 valence electrons. The Morgan fingerprint density at radius 1 is 1.50 bits per heavy atom. The van der Waals surface area contributed by atoms with Crippen LogP contribution < -0.4 is 0 Å². The molecule has 0 aliphatic carbocycles. The molecular weight excluding hydrogens is 176 g/mol. The minimum atomic E-state index is -0.295. The van der Waals surface area contributed by atoms with E-state index in [0.29, 0.717) is 5.56 Å². The van der Waals surface area contributed by atoms with Gasteiger partial charge in [0.15, 0.2) is 0 Å². The van der Waals surface area contributed by atoms with Crippen LogP contribution in [0.5, 0.6) is 0 Å². The number of hydrogen-bond donors (Lipinski definition) is 0. The van der Waals surface area contributed by atoms with E-state index in [4.69, 9.17) is 0 Å². The highest BCUT2D eigenvalue weighted by atomic mass is 16.5. The van der Waals surface area contributed by atoms with Crippen molar-refractivity contribution >= 4 is 12.0 Å². The van der Waals surface area contributed by atoms with Crippen molar-refractivity contribution in [1.82, 2.24) is 0 Å². The van der Waals surface area contributed by atoms with Gasteiger partial charge in [-0.15, -0.1) is 0 Å².